The number of phenols is 2. The van der Waals surface area contributed by atoms with Crippen LogP contribution in [0.3, 0.4) is 0 Å². The van der Waals surface area contributed by atoms with Crippen LogP contribution < -0.4 is 10.5 Å². The zero-order chi connectivity index (χ0) is 17.8. The minimum absolute atomic E-state index is 0.138. The molecule has 0 saturated heterocycles. The number of rotatable bonds is 4. The molecule has 25 heavy (non-hydrogen) atoms. The van der Waals surface area contributed by atoms with Crippen molar-refractivity contribution in [1.29, 1.82) is 0 Å². The van der Waals surface area contributed by atoms with E-state index < -0.39 is 6.10 Å². The number of hydrogen-bond acceptors (Lipinski definition) is 4. The lowest BCUT2D eigenvalue weighted by molar-refractivity contribution is 0.291. The van der Waals surface area contributed by atoms with Crippen LogP contribution in [0.5, 0.6) is 17.2 Å². The highest BCUT2D eigenvalue weighted by atomic mass is 16.5. The molecule has 0 amide bonds. The van der Waals surface area contributed by atoms with E-state index in [0.29, 0.717) is 5.75 Å². The van der Waals surface area contributed by atoms with E-state index in [9.17, 15) is 10.2 Å². The van der Waals surface area contributed by atoms with Crippen LogP contribution in [0.15, 0.2) is 79.0 Å². The summed E-state index contributed by atoms with van der Waals surface area (Å²) in [5.74, 6) is 0.918. The molecule has 2 aromatic rings. The zero-order valence-corrected chi connectivity index (χ0v) is 13.6. The van der Waals surface area contributed by atoms with Crippen LogP contribution in [0.2, 0.25) is 0 Å². The summed E-state index contributed by atoms with van der Waals surface area (Å²) in [6.07, 6.45) is 8.33. The summed E-state index contributed by atoms with van der Waals surface area (Å²) >= 11 is 0. The van der Waals surface area contributed by atoms with Gasteiger partial charge in [-0.2, -0.15) is 0 Å². The average molecular weight is 333 g/mol. The first-order valence-electron chi connectivity index (χ1n) is 7.84. The van der Waals surface area contributed by atoms with Gasteiger partial charge in [0.05, 0.1) is 0 Å². The third kappa shape index (κ3) is 3.43. The van der Waals surface area contributed by atoms with Crippen molar-refractivity contribution < 1.29 is 14.9 Å². The van der Waals surface area contributed by atoms with Crippen LogP contribution >= 0.6 is 0 Å². The molecule has 1 aliphatic heterocycles. The van der Waals surface area contributed by atoms with Gasteiger partial charge in [-0.3, -0.25) is 0 Å². The molecule has 0 fully saturated rings. The minimum atomic E-state index is -0.444. The third-order valence-electron chi connectivity index (χ3n) is 3.96. The Kier molecular flexibility index (Phi) is 4.61. The molecule has 1 heterocycles. The van der Waals surface area contributed by atoms with Crippen LogP contribution in [0.1, 0.15) is 11.1 Å². The Balaban J connectivity index is 2.13. The van der Waals surface area contributed by atoms with E-state index in [2.05, 4.69) is 6.58 Å². The Morgan fingerprint density at radius 3 is 2.48 bits per heavy atom. The van der Waals surface area contributed by atoms with Crippen molar-refractivity contribution in [1.82, 2.24) is 0 Å². The molecule has 0 radical (unpaired) electrons. The minimum Gasteiger partial charge on any atom is -0.508 e. The van der Waals surface area contributed by atoms with Crippen molar-refractivity contribution in [2.75, 3.05) is 0 Å². The molecular formula is C21H19NO3. The molecular weight excluding hydrogens is 314 g/mol. The molecule has 3 rings (SSSR count). The van der Waals surface area contributed by atoms with Crippen LogP contribution in [0, 0.1) is 0 Å². The predicted octanol–water partition coefficient (Wildman–Crippen LogP) is 3.98. The summed E-state index contributed by atoms with van der Waals surface area (Å²) in [6, 6.07) is 11.9. The van der Waals surface area contributed by atoms with Gasteiger partial charge in [-0.1, -0.05) is 36.9 Å². The molecule has 4 N–H and O–H groups in total. The van der Waals surface area contributed by atoms with Crippen LogP contribution in [0.25, 0.3) is 11.6 Å². The van der Waals surface area contributed by atoms with Gasteiger partial charge in [-0.25, -0.2) is 0 Å². The number of nitrogens with two attached hydrogens (primary N) is 1. The van der Waals surface area contributed by atoms with Gasteiger partial charge in [0.15, 0.2) is 6.10 Å². The second-order valence-corrected chi connectivity index (χ2v) is 5.63. The maximum absolute atomic E-state index is 9.73. The van der Waals surface area contributed by atoms with Crippen molar-refractivity contribution in [2.24, 2.45) is 5.73 Å². The second-order valence-electron chi connectivity index (χ2n) is 5.63. The van der Waals surface area contributed by atoms with Gasteiger partial charge in [0.25, 0.3) is 0 Å². The quantitative estimate of drug-likeness (QED) is 0.740. The van der Waals surface area contributed by atoms with Gasteiger partial charge in [-0.05, 0) is 35.9 Å². The van der Waals surface area contributed by atoms with Gasteiger partial charge < -0.3 is 20.7 Å². The summed E-state index contributed by atoms with van der Waals surface area (Å²) in [5.41, 5.74) is 9.25. The van der Waals surface area contributed by atoms with E-state index in [-0.39, 0.29) is 11.5 Å². The summed E-state index contributed by atoms with van der Waals surface area (Å²) in [5, 5.41) is 19.3. The van der Waals surface area contributed by atoms with Gasteiger partial charge >= 0.3 is 0 Å². The molecule has 0 aliphatic carbocycles. The van der Waals surface area contributed by atoms with Crippen molar-refractivity contribution in [3.05, 3.63) is 90.2 Å². The van der Waals surface area contributed by atoms with E-state index >= 15 is 0 Å². The van der Waals surface area contributed by atoms with E-state index in [1.165, 1.54) is 6.20 Å². The fraction of sp³-hybridized carbons (Fsp3) is 0.0476. The first kappa shape index (κ1) is 16.5. The number of hydrogen-bond donors (Lipinski definition) is 3. The lowest BCUT2D eigenvalue weighted by Crippen LogP contribution is -2.24. The lowest BCUT2D eigenvalue weighted by atomic mass is 9.90. The van der Waals surface area contributed by atoms with Crippen LogP contribution in [-0.4, -0.2) is 16.3 Å². The number of phenolic OH excluding ortho intramolecular Hbond substituents is 2. The number of fused-ring (bicyclic) bond motifs is 1. The van der Waals surface area contributed by atoms with Crippen molar-refractivity contribution >= 4 is 11.6 Å². The molecule has 1 unspecified atom stereocenters. The fourth-order valence-corrected chi connectivity index (χ4v) is 2.72. The Labute approximate surface area is 146 Å². The Hall–Kier alpha value is -3.40. The Morgan fingerprint density at radius 2 is 1.80 bits per heavy atom. The molecule has 0 bridgehead atoms. The molecule has 2 aromatic carbocycles. The summed E-state index contributed by atoms with van der Waals surface area (Å²) in [4.78, 5) is 0. The summed E-state index contributed by atoms with van der Waals surface area (Å²) < 4.78 is 6.14. The normalized spacial score (nSPS) is 16.9. The topological polar surface area (TPSA) is 75.7 Å². The lowest BCUT2D eigenvalue weighted by Gasteiger charge is -2.28. The molecule has 0 aromatic heterocycles. The second kappa shape index (κ2) is 7.01. The zero-order valence-electron chi connectivity index (χ0n) is 13.6. The van der Waals surface area contributed by atoms with Gasteiger partial charge in [0.1, 0.15) is 17.2 Å². The molecule has 1 atom stereocenters. The van der Waals surface area contributed by atoms with E-state index in [1.807, 2.05) is 24.3 Å². The highest BCUT2D eigenvalue weighted by Crippen LogP contribution is 2.39. The van der Waals surface area contributed by atoms with Gasteiger partial charge in [-0.15, -0.1) is 0 Å². The van der Waals surface area contributed by atoms with E-state index in [4.69, 9.17) is 10.5 Å². The monoisotopic (exact) mass is 333 g/mol. The number of ether oxygens (including phenoxy) is 1. The van der Waals surface area contributed by atoms with Crippen molar-refractivity contribution in [3.8, 4) is 17.2 Å². The fourth-order valence-electron chi connectivity index (χ4n) is 2.72. The molecule has 4 nitrogen and oxygen atoms in total. The smallest absolute Gasteiger partial charge is 0.151 e. The van der Waals surface area contributed by atoms with Crippen molar-refractivity contribution in [3.63, 3.8) is 0 Å². The van der Waals surface area contributed by atoms with Crippen LogP contribution in [-0.2, 0) is 0 Å². The SMILES string of the molecule is C=C/C=C\C(=C/N)C1Oc2cc(O)ccc2C=C1c1ccc(O)cc1. The standard InChI is InChI=1S/C21H19NO3/c1-2-3-4-16(13-22)21-19(14-5-8-17(23)9-6-14)11-15-7-10-18(24)12-20(15)25-21/h2-13,21,23-24H,1,22H2/b4-3-,16-13+. The number of allylic oxidation sites excluding steroid dienone is 2. The first-order chi connectivity index (χ1) is 12.1. The number of benzene rings is 2. The molecule has 0 spiro atoms. The summed E-state index contributed by atoms with van der Waals surface area (Å²) in [7, 11) is 0. The molecule has 126 valence electrons. The van der Waals surface area contributed by atoms with Crippen molar-refractivity contribution in [2.45, 2.75) is 6.10 Å². The first-order valence-corrected chi connectivity index (χ1v) is 7.84. The highest BCUT2D eigenvalue weighted by molar-refractivity contribution is 5.89. The predicted molar refractivity (Wildman–Crippen MR) is 100 cm³/mol. The maximum Gasteiger partial charge on any atom is 0.151 e. The molecule has 1 aliphatic rings. The largest absolute Gasteiger partial charge is 0.508 e. The van der Waals surface area contributed by atoms with Gasteiger partial charge in [0.2, 0.25) is 0 Å². The van der Waals surface area contributed by atoms with Crippen LogP contribution in [0.4, 0.5) is 0 Å². The third-order valence-corrected chi connectivity index (χ3v) is 3.96. The Bertz CT molecular complexity index is 877. The Morgan fingerprint density at radius 1 is 1.08 bits per heavy atom. The van der Waals surface area contributed by atoms with E-state index in [1.54, 1.807) is 42.5 Å². The summed E-state index contributed by atoms with van der Waals surface area (Å²) in [6.45, 7) is 3.68. The highest BCUT2D eigenvalue weighted by Gasteiger charge is 2.26. The average Bonchev–Trinajstić information content (AvgIpc) is 2.62. The van der Waals surface area contributed by atoms with E-state index in [0.717, 1.165) is 22.3 Å². The molecule has 0 saturated carbocycles. The molecule has 4 heteroatoms. The van der Waals surface area contributed by atoms with Gasteiger partial charge in [0, 0.05) is 29.0 Å². The maximum atomic E-state index is 9.73. The number of aromatic hydroxyl groups is 2.